The van der Waals surface area contributed by atoms with E-state index in [2.05, 4.69) is 21.2 Å². The van der Waals surface area contributed by atoms with Crippen molar-refractivity contribution in [2.45, 2.75) is 25.4 Å². The molecule has 0 radical (unpaired) electrons. The molecular formula is C14H17BrFNO3. The molecule has 2 rings (SSSR count). The second-order valence-electron chi connectivity index (χ2n) is 4.63. The number of halogens is 2. The fourth-order valence-electron chi connectivity index (χ4n) is 1.96. The van der Waals surface area contributed by atoms with Crippen LogP contribution in [-0.4, -0.2) is 31.8 Å². The van der Waals surface area contributed by atoms with Crippen molar-refractivity contribution >= 4 is 27.5 Å². The van der Waals surface area contributed by atoms with Gasteiger partial charge < -0.3 is 14.8 Å². The SMILES string of the molecule is O=C(CCOCC1CCCO1)Nc1ccc(F)cc1Br. The minimum atomic E-state index is -0.352. The summed E-state index contributed by atoms with van der Waals surface area (Å²) >= 11 is 3.20. The summed E-state index contributed by atoms with van der Waals surface area (Å²) in [6, 6.07) is 4.13. The Bertz CT molecular complexity index is 464. The molecule has 1 heterocycles. The molecule has 0 aliphatic carbocycles. The van der Waals surface area contributed by atoms with Crippen LogP contribution in [0.1, 0.15) is 19.3 Å². The van der Waals surface area contributed by atoms with Gasteiger partial charge >= 0.3 is 0 Å². The van der Waals surface area contributed by atoms with Crippen LogP contribution in [0.2, 0.25) is 0 Å². The fourth-order valence-corrected chi connectivity index (χ4v) is 2.41. The van der Waals surface area contributed by atoms with E-state index in [9.17, 15) is 9.18 Å². The van der Waals surface area contributed by atoms with E-state index in [-0.39, 0.29) is 24.2 Å². The predicted molar refractivity (Wildman–Crippen MR) is 77.1 cm³/mol. The van der Waals surface area contributed by atoms with Gasteiger partial charge in [-0.2, -0.15) is 0 Å². The first kappa shape index (κ1) is 15.4. The van der Waals surface area contributed by atoms with E-state index in [0.717, 1.165) is 19.4 Å². The van der Waals surface area contributed by atoms with Gasteiger partial charge in [0.1, 0.15) is 5.82 Å². The summed E-state index contributed by atoms with van der Waals surface area (Å²) in [6.07, 6.45) is 2.53. The Kier molecular flexibility index (Phi) is 5.94. The summed E-state index contributed by atoms with van der Waals surface area (Å²) in [4.78, 5) is 11.7. The molecule has 1 unspecified atom stereocenters. The monoisotopic (exact) mass is 345 g/mol. The zero-order valence-electron chi connectivity index (χ0n) is 11.0. The first-order valence-corrected chi connectivity index (χ1v) is 7.38. The van der Waals surface area contributed by atoms with Crippen LogP contribution in [0.3, 0.4) is 0 Å². The van der Waals surface area contributed by atoms with E-state index in [0.29, 0.717) is 23.4 Å². The Balaban J connectivity index is 1.67. The number of hydrogen-bond donors (Lipinski definition) is 1. The molecule has 1 aliphatic heterocycles. The number of nitrogens with one attached hydrogen (secondary N) is 1. The Hall–Kier alpha value is -0.980. The first-order chi connectivity index (χ1) is 9.65. The van der Waals surface area contributed by atoms with Gasteiger partial charge in [-0.25, -0.2) is 4.39 Å². The van der Waals surface area contributed by atoms with Crippen molar-refractivity contribution in [2.75, 3.05) is 25.1 Å². The quantitative estimate of drug-likeness (QED) is 0.806. The summed E-state index contributed by atoms with van der Waals surface area (Å²) in [6.45, 7) is 1.69. The number of carbonyl (C=O) groups is 1. The van der Waals surface area contributed by atoms with Crippen LogP contribution in [0.25, 0.3) is 0 Å². The van der Waals surface area contributed by atoms with Crippen LogP contribution >= 0.6 is 15.9 Å². The fraction of sp³-hybridized carbons (Fsp3) is 0.500. The van der Waals surface area contributed by atoms with Crippen molar-refractivity contribution in [3.63, 3.8) is 0 Å². The van der Waals surface area contributed by atoms with Gasteiger partial charge in [0.05, 0.1) is 31.4 Å². The lowest BCUT2D eigenvalue weighted by Gasteiger charge is -2.10. The van der Waals surface area contributed by atoms with Crippen molar-refractivity contribution in [3.8, 4) is 0 Å². The van der Waals surface area contributed by atoms with Gasteiger partial charge in [0.2, 0.25) is 5.91 Å². The molecule has 1 amide bonds. The van der Waals surface area contributed by atoms with E-state index in [1.54, 1.807) is 0 Å². The molecule has 4 nitrogen and oxygen atoms in total. The minimum Gasteiger partial charge on any atom is -0.378 e. The summed E-state index contributed by atoms with van der Waals surface area (Å²) in [7, 11) is 0. The second kappa shape index (κ2) is 7.71. The van der Waals surface area contributed by atoms with Crippen LogP contribution in [-0.2, 0) is 14.3 Å². The highest BCUT2D eigenvalue weighted by atomic mass is 79.9. The van der Waals surface area contributed by atoms with E-state index < -0.39 is 0 Å². The maximum absolute atomic E-state index is 12.9. The van der Waals surface area contributed by atoms with E-state index >= 15 is 0 Å². The standard InChI is InChI=1S/C14H17BrFNO3/c15-12-8-10(16)3-4-13(12)17-14(18)5-7-19-9-11-2-1-6-20-11/h3-4,8,11H,1-2,5-7,9H2,(H,17,18). The lowest BCUT2D eigenvalue weighted by molar-refractivity contribution is -0.117. The molecular weight excluding hydrogens is 329 g/mol. The highest BCUT2D eigenvalue weighted by molar-refractivity contribution is 9.10. The number of amides is 1. The summed E-state index contributed by atoms with van der Waals surface area (Å²) in [5.41, 5.74) is 0.551. The predicted octanol–water partition coefficient (Wildman–Crippen LogP) is 3.11. The Morgan fingerprint density at radius 3 is 3.10 bits per heavy atom. The molecule has 0 bridgehead atoms. The summed E-state index contributed by atoms with van der Waals surface area (Å²) < 4.78 is 24.3. The molecule has 6 heteroatoms. The molecule has 110 valence electrons. The molecule has 20 heavy (non-hydrogen) atoms. The maximum atomic E-state index is 12.9. The summed E-state index contributed by atoms with van der Waals surface area (Å²) in [5, 5.41) is 2.70. The van der Waals surface area contributed by atoms with Crippen LogP contribution in [0, 0.1) is 5.82 Å². The molecule has 1 aliphatic rings. The van der Waals surface area contributed by atoms with Gasteiger partial charge in [0.15, 0.2) is 0 Å². The largest absolute Gasteiger partial charge is 0.378 e. The van der Waals surface area contributed by atoms with Gasteiger partial charge in [0.25, 0.3) is 0 Å². The van der Waals surface area contributed by atoms with Crippen molar-refractivity contribution in [1.29, 1.82) is 0 Å². The average Bonchev–Trinajstić information content (AvgIpc) is 2.91. The van der Waals surface area contributed by atoms with E-state index in [1.807, 2.05) is 0 Å². The highest BCUT2D eigenvalue weighted by Crippen LogP contribution is 2.23. The smallest absolute Gasteiger partial charge is 0.226 e. The minimum absolute atomic E-state index is 0.162. The number of carbonyl (C=O) groups excluding carboxylic acids is 1. The lowest BCUT2D eigenvalue weighted by Crippen LogP contribution is -2.18. The number of ether oxygens (including phenoxy) is 2. The van der Waals surface area contributed by atoms with Crippen LogP contribution < -0.4 is 5.32 Å². The van der Waals surface area contributed by atoms with Gasteiger partial charge in [-0.1, -0.05) is 0 Å². The molecule has 1 atom stereocenters. The van der Waals surface area contributed by atoms with Gasteiger partial charge in [0, 0.05) is 11.1 Å². The molecule has 1 N–H and O–H groups in total. The number of hydrogen-bond acceptors (Lipinski definition) is 3. The number of anilines is 1. The van der Waals surface area contributed by atoms with Gasteiger partial charge in [-0.3, -0.25) is 4.79 Å². The molecule has 1 aromatic rings. The Morgan fingerprint density at radius 1 is 1.55 bits per heavy atom. The van der Waals surface area contributed by atoms with E-state index in [1.165, 1.54) is 18.2 Å². The van der Waals surface area contributed by atoms with Crippen molar-refractivity contribution in [2.24, 2.45) is 0 Å². The lowest BCUT2D eigenvalue weighted by atomic mass is 10.2. The highest BCUT2D eigenvalue weighted by Gasteiger charge is 2.15. The molecule has 0 spiro atoms. The third kappa shape index (κ3) is 4.85. The van der Waals surface area contributed by atoms with Gasteiger partial charge in [-0.15, -0.1) is 0 Å². The van der Waals surface area contributed by atoms with E-state index in [4.69, 9.17) is 9.47 Å². The first-order valence-electron chi connectivity index (χ1n) is 6.59. The average molecular weight is 346 g/mol. The van der Waals surface area contributed by atoms with Crippen LogP contribution in [0.15, 0.2) is 22.7 Å². The normalized spacial score (nSPS) is 18.2. The Labute approximate surface area is 125 Å². The number of rotatable bonds is 6. The molecule has 1 saturated heterocycles. The summed E-state index contributed by atoms with van der Waals surface area (Å²) in [5.74, 6) is -0.514. The third-order valence-electron chi connectivity index (χ3n) is 3.01. The van der Waals surface area contributed by atoms with Crippen LogP contribution in [0.4, 0.5) is 10.1 Å². The van der Waals surface area contributed by atoms with Gasteiger partial charge in [-0.05, 0) is 47.0 Å². The zero-order chi connectivity index (χ0) is 14.4. The zero-order valence-corrected chi connectivity index (χ0v) is 12.6. The van der Waals surface area contributed by atoms with Crippen molar-refractivity contribution in [3.05, 3.63) is 28.5 Å². The molecule has 1 fully saturated rings. The van der Waals surface area contributed by atoms with Crippen LogP contribution in [0.5, 0.6) is 0 Å². The van der Waals surface area contributed by atoms with Crippen molar-refractivity contribution < 1.29 is 18.7 Å². The molecule has 1 aromatic carbocycles. The third-order valence-corrected chi connectivity index (χ3v) is 3.66. The molecule has 0 saturated carbocycles. The maximum Gasteiger partial charge on any atom is 0.226 e. The number of benzene rings is 1. The molecule has 0 aromatic heterocycles. The topological polar surface area (TPSA) is 47.6 Å². The van der Waals surface area contributed by atoms with Crippen molar-refractivity contribution in [1.82, 2.24) is 0 Å². The second-order valence-corrected chi connectivity index (χ2v) is 5.49. The Morgan fingerprint density at radius 2 is 2.40 bits per heavy atom.